The number of carbonyl (C=O) groups excluding carboxylic acids is 2. The predicted molar refractivity (Wildman–Crippen MR) is 88.1 cm³/mol. The molecule has 24 heavy (non-hydrogen) atoms. The van der Waals surface area contributed by atoms with Crippen LogP contribution in [0.4, 0.5) is 0 Å². The number of rotatable bonds is 6. The summed E-state index contributed by atoms with van der Waals surface area (Å²) >= 11 is 0. The first-order valence-electron chi connectivity index (χ1n) is 7.34. The SMILES string of the molecule is COC(=O)[C@@H](Cc1ccc(O)cc1)NC(=O)c1ccccc1OC. The third kappa shape index (κ3) is 4.25. The zero-order chi connectivity index (χ0) is 17.5. The lowest BCUT2D eigenvalue weighted by atomic mass is 10.0. The molecule has 0 aliphatic carbocycles. The summed E-state index contributed by atoms with van der Waals surface area (Å²) in [7, 11) is 2.74. The molecule has 1 atom stereocenters. The number of benzene rings is 2. The zero-order valence-electron chi connectivity index (χ0n) is 13.5. The van der Waals surface area contributed by atoms with E-state index in [1.54, 1.807) is 36.4 Å². The Kier molecular flexibility index (Phi) is 5.78. The summed E-state index contributed by atoms with van der Waals surface area (Å²) in [6, 6.07) is 12.3. The van der Waals surface area contributed by atoms with Crippen LogP contribution in [-0.4, -0.2) is 37.2 Å². The molecular formula is C18H19NO5. The Morgan fingerprint density at radius 3 is 2.38 bits per heavy atom. The number of ether oxygens (including phenoxy) is 2. The zero-order valence-corrected chi connectivity index (χ0v) is 13.5. The number of aromatic hydroxyl groups is 1. The molecule has 2 aromatic rings. The highest BCUT2D eigenvalue weighted by Crippen LogP contribution is 2.18. The molecule has 2 rings (SSSR count). The molecule has 126 valence electrons. The van der Waals surface area contributed by atoms with Gasteiger partial charge in [0.05, 0.1) is 19.8 Å². The van der Waals surface area contributed by atoms with E-state index in [1.807, 2.05) is 0 Å². The molecule has 0 saturated carbocycles. The molecule has 0 heterocycles. The fraction of sp³-hybridized carbons (Fsp3) is 0.222. The largest absolute Gasteiger partial charge is 0.508 e. The summed E-state index contributed by atoms with van der Waals surface area (Å²) in [4.78, 5) is 24.4. The first-order chi connectivity index (χ1) is 11.5. The van der Waals surface area contributed by atoms with E-state index in [-0.39, 0.29) is 12.2 Å². The Morgan fingerprint density at radius 2 is 1.75 bits per heavy atom. The van der Waals surface area contributed by atoms with E-state index in [2.05, 4.69) is 5.32 Å². The van der Waals surface area contributed by atoms with Crippen molar-refractivity contribution in [2.24, 2.45) is 0 Å². The number of phenolic OH excluding ortho intramolecular Hbond substituents is 1. The monoisotopic (exact) mass is 329 g/mol. The molecule has 0 aliphatic heterocycles. The highest BCUT2D eigenvalue weighted by molar-refractivity contribution is 5.99. The number of hydrogen-bond donors (Lipinski definition) is 2. The van der Waals surface area contributed by atoms with Crippen molar-refractivity contribution in [2.75, 3.05) is 14.2 Å². The van der Waals surface area contributed by atoms with E-state index in [0.29, 0.717) is 11.3 Å². The van der Waals surface area contributed by atoms with Gasteiger partial charge in [-0.05, 0) is 29.8 Å². The van der Waals surface area contributed by atoms with Gasteiger partial charge >= 0.3 is 5.97 Å². The van der Waals surface area contributed by atoms with Crippen LogP contribution in [0.15, 0.2) is 48.5 Å². The minimum absolute atomic E-state index is 0.131. The molecule has 2 N–H and O–H groups in total. The van der Waals surface area contributed by atoms with Crippen LogP contribution >= 0.6 is 0 Å². The summed E-state index contributed by atoms with van der Waals surface area (Å²) in [6.45, 7) is 0. The number of phenols is 1. The first kappa shape index (κ1) is 17.3. The average molecular weight is 329 g/mol. The third-order valence-electron chi connectivity index (χ3n) is 3.52. The molecule has 2 aromatic carbocycles. The van der Waals surface area contributed by atoms with Crippen molar-refractivity contribution in [2.45, 2.75) is 12.5 Å². The molecule has 1 amide bonds. The van der Waals surface area contributed by atoms with Gasteiger partial charge in [-0.15, -0.1) is 0 Å². The lowest BCUT2D eigenvalue weighted by Crippen LogP contribution is -2.43. The maximum atomic E-state index is 12.5. The molecular weight excluding hydrogens is 310 g/mol. The van der Waals surface area contributed by atoms with Gasteiger partial charge in [0.1, 0.15) is 17.5 Å². The summed E-state index contributed by atoms with van der Waals surface area (Å²) < 4.78 is 9.93. The van der Waals surface area contributed by atoms with E-state index in [0.717, 1.165) is 5.56 Å². The number of amides is 1. The minimum Gasteiger partial charge on any atom is -0.508 e. The summed E-state index contributed by atoms with van der Waals surface area (Å²) in [6.07, 6.45) is 0.244. The number of nitrogens with one attached hydrogen (secondary N) is 1. The number of esters is 1. The van der Waals surface area contributed by atoms with Crippen LogP contribution in [-0.2, 0) is 16.0 Å². The van der Waals surface area contributed by atoms with Crippen molar-refractivity contribution in [1.82, 2.24) is 5.32 Å². The van der Waals surface area contributed by atoms with Crippen molar-refractivity contribution in [3.63, 3.8) is 0 Å². The predicted octanol–water partition coefficient (Wildman–Crippen LogP) is 1.91. The molecule has 0 radical (unpaired) electrons. The Labute approximate surface area is 140 Å². The van der Waals surface area contributed by atoms with Gasteiger partial charge in [0, 0.05) is 6.42 Å². The Hall–Kier alpha value is -3.02. The normalized spacial score (nSPS) is 11.4. The van der Waals surface area contributed by atoms with Crippen LogP contribution in [0.5, 0.6) is 11.5 Å². The van der Waals surface area contributed by atoms with Crippen molar-refractivity contribution < 1.29 is 24.2 Å². The van der Waals surface area contributed by atoms with E-state index in [9.17, 15) is 14.7 Å². The van der Waals surface area contributed by atoms with Gasteiger partial charge in [-0.2, -0.15) is 0 Å². The van der Waals surface area contributed by atoms with Crippen LogP contribution in [0.1, 0.15) is 15.9 Å². The summed E-state index contributed by atoms with van der Waals surface area (Å²) in [5, 5.41) is 12.0. The van der Waals surface area contributed by atoms with Gasteiger partial charge in [-0.25, -0.2) is 4.79 Å². The molecule has 0 aliphatic rings. The smallest absolute Gasteiger partial charge is 0.328 e. The van der Waals surface area contributed by atoms with Gasteiger partial charge in [-0.3, -0.25) is 4.79 Å². The van der Waals surface area contributed by atoms with Gasteiger partial charge < -0.3 is 19.9 Å². The fourth-order valence-electron chi connectivity index (χ4n) is 2.27. The van der Waals surface area contributed by atoms with Crippen molar-refractivity contribution >= 4 is 11.9 Å². The van der Waals surface area contributed by atoms with Crippen molar-refractivity contribution in [1.29, 1.82) is 0 Å². The molecule has 0 fully saturated rings. The van der Waals surface area contributed by atoms with E-state index in [1.165, 1.54) is 26.4 Å². The number of carbonyl (C=O) groups is 2. The molecule has 0 bridgehead atoms. The van der Waals surface area contributed by atoms with E-state index < -0.39 is 17.9 Å². The maximum Gasteiger partial charge on any atom is 0.328 e. The highest BCUT2D eigenvalue weighted by atomic mass is 16.5. The van der Waals surface area contributed by atoms with Crippen LogP contribution in [0.25, 0.3) is 0 Å². The van der Waals surface area contributed by atoms with Crippen LogP contribution < -0.4 is 10.1 Å². The van der Waals surface area contributed by atoms with Gasteiger partial charge in [0.25, 0.3) is 5.91 Å². The van der Waals surface area contributed by atoms with Crippen molar-refractivity contribution in [3.8, 4) is 11.5 Å². The summed E-state index contributed by atoms with van der Waals surface area (Å²) in [5.41, 5.74) is 1.11. The van der Waals surface area contributed by atoms with Crippen LogP contribution in [0.3, 0.4) is 0 Å². The van der Waals surface area contributed by atoms with Crippen molar-refractivity contribution in [3.05, 3.63) is 59.7 Å². The van der Waals surface area contributed by atoms with Gasteiger partial charge in [0.15, 0.2) is 0 Å². The summed E-state index contributed by atoms with van der Waals surface area (Å²) in [5.74, 6) is -0.428. The fourth-order valence-corrected chi connectivity index (χ4v) is 2.27. The topological polar surface area (TPSA) is 84.9 Å². The first-order valence-corrected chi connectivity index (χ1v) is 7.34. The average Bonchev–Trinajstić information content (AvgIpc) is 2.62. The molecule has 0 spiro atoms. The lowest BCUT2D eigenvalue weighted by molar-refractivity contribution is -0.142. The minimum atomic E-state index is -0.850. The highest BCUT2D eigenvalue weighted by Gasteiger charge is 2.24. The Balaban J connectivity index is 2.17. The number of para-hydroxylation sites is 1. The van der Waals surface area contributed by atoms with E-state index >= 15 is 0 Å². The quantitative estimate of drug-likeness (QED) is 0.791. The lowest BCUT2D eigenvalue weighted by Gasteiger charge is -2.17. The second-order valence-corrected chi connectivity index (χ2v) is 5.12. The molecule has 0 saturated heterocycles. The Bertz CT molecular complexity index is 712. The second kappa shape index (κ2) is 8.01. The second-order valence-electron chi connectivity index (χ2n) is 5.12. The van der Waals surface area contributed by atoms with Gasteiger partial charge in [0.2, 0.25) is 0 Å². The molecule has 6 nitrogen and oxygen atoms in total. The molecule has 0 unspecified atom stereocenters. The van der Waals surface area contributed by atoms with Crippen LogP contribution in [0, 0.1) is 0 Å². The molecule has 6 heteroatoms. The third-order valence-corrected chi connectivity index (χ3v) is 3.52. The van der Waals surface area contributed by atoms with E-state index in [4.69, 9.17) is 9.47 Å². The van der Waals surface area contributed by atoms with Gasteiger partial charge in [-0.1, -0.05) is 24.3 Å². The number of hydrogen-bond acceptors (Lipinski definition) is 5. The molecule has 0 aromatic heterocycles. The Morgan fingerprint density at radius 1 is 1.08 bits per heavy atom. The maximum absolute atomic E-state index is 12.5. The number of methoxy groups -OCH3 is 2. The standard InChI is InChI=1S/C18H19NO5/c1-23-16-6-4-3-5-14(16)17(21)19-15(18(22)24-2)11-12-7-9-13(20)10-8-12/h3-10,15,20H,11H2,1-2H3,(H,19,21)/t15-/m1/s1. The van der Waals surface area contributed by atoms with Crippen LogP contribution in [0.2, 0.25) is 0 Å².